The van der Waals surface area contributed by atoms with Crippen LogP contribution in [0.3, 0.4) is 0 Å². The predicted octanol–water partition coefficient (Wildman–Crippen LogP) is 4.26. The molecule has 0 aliphatic rings. The van der Waals surface area contributed by atoms with Gasteiger partial charge in [-0.3, -0.25) is 10.1 Å². The summed E-state index contributed by atoms with van der Waals surface area (Å²) in [4.78, 5) is 21.5. The number of aryl methyl sites for hydroxylation is 2. The van der Waals surface area contributed by atoms with E-state index in [0.29, 0.717) is 16.5 Å². The molecule has 0 radical (unpaired) electrons. The molecule has 4 aromatic rings. The molecule has 3 aromatic heterocycles. The molecule has 0 spiro atoms. The van der Waals surface area contributed by atoms with Gasteiger partial charge in [0.2, 0.25) is 0 Å². The summed E-state index contributed by atoms with van der Waals surface area (Å²) in [7, 11) is 1.84. The number of nitrogens with zero attached hydrogens (tertiary/aromatic N) is 3. The van der Waals surface area contributed by atoms with Gasteiger partial charge in [0.1, 0.15) is 5.69 Å². The zero-order valence-electron chi connectivity index (χ0n) is 13.9. The molecule has 0 fully saturated rings. The molecule has 0 aliphatic carbocycles. The van der Waals surface area contributed by atoms with E-state index in [1.807, 2.05) is 49.6 Å². The lowest BCUT2D eigenvalue weighted by Crippen LogP contribution is -2.15. The third-order valence-corrected chi connectivity index (χ3v) is 5.00. The van der Waals surface area contributed by atoms with Crippen LogP contribution in [0.25, 0.3) is 21.6 Å². The topological polar surface area (TPSA) is 59.8 Å². The van der Waals surface area contributed by atoms with Gasteiger partial charge in [-0.1, -0.05) is 35.6 Å². The summed E-state index contributed by atoms with van der Waals surface area (Å²) in [6.07, 6.45) is 1.84. The number of nitrogens with one attached hydrogen (secondary N) is 1. The first-order valence-corrected chi connectivity index (χ1v) is 8.70. The monoisotopic (exact) mass is 348 g/mol. The Morgan fingerprint density at radius 3 is 2.68 bits per heavy atom. The average molecular weight is 348 g/mol. The lowest BCUT2D eigenvalue weighted by atomic mass is 10.1. The molecule has 0 unspecified atom stereocenters. The molecule has 0 atom stereocenters. The number of benzene rings is 1. The number of hydrogen-bond acceptors (Lipinski definition) is 4. The molecule has 1 amide bonds. The molecular weight excluding hydrogens is 332 g/mol. The Bertz CT molecular complexity index is 1080. The fourth-order valence-corrected chi connectivity index (χ4v) is 3.54. The highest BCUT2D eigenvalue weighted by Gasteiger charge is 2.13. The van der Waals surface area contributed by atoms with Crippen LogP contribution in [0.1, 0.15) is 16.1 Å². The first kappa shape index (κ1) is 15.5. The maximum atomic E-state index is 12.3. The van der Waals surface area contributed by atoms with Crippen molar-refractivity contribution in [3.63, 3.8) is 0 Å². The molecule has 0 aliphatic heterocycles. The SMILES string of the molecule is Cc1ccccc1-c1ccc2sc(NC(=O)c3cccn3C)nc2n1. The minimum atomic E-state index is -0.175. The van der Waals surface area contributed by atoms with Crippen molar-refractivity contribution < 1.29 is 4.79 Å². The molecule has 1 aromatic carbocycles. The van der Waals surface area contributed by atoms with Gasteiger partial charge in [-0.05, 0) is 36.8 Å². The summed E-state index contributed by atoms with van der Waals surface area (Å²) in [5.41, 5.74) is 4.38. The molecule has 4 rings (SSSR count). The number of pyridine rings is 1. The van der Waals surface area contributed by atoms with Gasteiger partial charge in [-0.2, -0.15) is 4.98 Å². The van der Waals surface area contributed by atoms with Gasteiger partial charge in [-0.25, -0.2) is 4.98 Å². The van der Waals surface area contributed by atoms with Crippen molar-refractivity contribution in [3.05, 3.63) is 66.0 Å². The first-order valence-electron chi connectivity index (χ1n) is 7.88. The van der Waals surface area contributed by atoms with Crippen molar-refractivity contribution in [2.45, 2.75) is 6.92 Å². The number of aromatic nitrogens is 3. The van der Waals surface area contributed by atoms with Gasteiger partial charge in [0.25, 0.3) is 5.91 Å². The van der Waals surface area contributed by atoms with Crippen molar-refractivity contribution >= 4 is 32.7 Å². The molecule has 1 N–H and O–H groups in total. The molecule has 0 saturated carbocycles. The van der Waals surface area contributed by atoms with Gasteiger partial charge in [0.05, 0.1) is 10.4 Å². The van der Waals surface area contributed by atoms with Crippen LogP contribution in [0.2, 0.25) is 0 Å². The predicted molar refractivity (Wildman–Crippen MR) is 101 cm³/mol. The van der Waals surface area contributed by atoms with Crippen LogP contribution in [-0.2, 0) is 7.05 Å². The number of anilines is 1. The van der Waals surface area contributed by atoms with Crippen LogP contribution in [0, 0.1) is 6.92 Å². The summed E-state index contributed by atoms with van der Waals surface area (Å²) in [6, 6.07) is 15.7. The Morgan fingerprint density at radius 1 is 1.08 bits per heavy atom. The number of fused-ring (bicyclic) bond motifs is 1. The fourth-order valence-electron chi connectivity index (χ4n) is 2.74. The van der Waals surface area contributed by atoms with Crippen molar-refractivity contribution in [3.8, 4) is 11.3 Å². The second kappa shape index (κ2) is 6.14. The van der Waals surface area contributed by atoms with Gasteiger partial charge in [0, 0.05) is 18.8 Å². The van der Waals surface area contributed by atoms with Gasteiger partial charge in [-0.15, -0.1) is 0 Å². The van der Waals surface area contributed by atoms with Crippen molar-refractivity contribution in [2.75, 3.05) is 5.32 Å². The molecule has 6 heteroatoms. The van der Waals surface area contributed by atoms with Crippen molar-refractivity contribution in [1.82, 2.24) is 14.5 Å². The van der Waals surface area contributed by atoms with Gasteiger partial charge < -0.3 is 4.57 Å². The van der Waals surface area contributed by atoms with E-state index in [4.69, 9.17) is 0 Å². The van der Waals surface area contributed by atoms with Crippen LogP contribution >= 0.6 is 11.3 Å². The summed E-state index contributed by atoms with van der Waals surface area (Å²) in [5.74, 6) is -0.175. The Labute approximate surface area is 149 Å². The van der Waals surface area contributed by atoms with E-state index in [1.165, 1.54) is 16.9 Å². The minimum absolute atomic E-state index is 0.175. The molecule has 5 nitrogen and oxygen atoms in total. The number of rotatable bonds is 3. The van der Waals surface area contributed by atoms with E-state index in [1.54, 1.807) is 10.6 Å². The van der Waals surface area contributed by atoms with E-state index in [9.17, 15) is 4.79 Å². The van der Waals surface area contributed by atoms with Crippen LogP contribution in [-0.4, -0.2) is 20.4 Å². The molecule has 3 heterocycles. The smallest absolute Gasteiger partial charge is 0.274 e. The minimum Gasteiger partial charge on any atom is -0.347 e. The number of carbonyl (C=O) groups is 1. The number of carbonyl (C=O) groups excluding carboxylic acids is 1. The summed E-state index contributed by atoms with van der Waals surface area (Å²) >= 11 is 1.42. The summed E-state index contributed by atoms with van der Waals surface area (Å²) in [6.45, 7) is 2.06. The van der Waals surface area contributed by atoms with Crippen LogP contribution < -0.4 is 5.32 Å². The van der Waals surface area contributed by atoms with Gasteiger partial charge >= 0.3 is 0 Å². The number of hydrogen-bond donors (Lipinski definition) is 1. The highest BCUT2D eigenvalue weighted by Crippen LogP contribution is 2.29. The Balaban J connectivity index is 1.66. The quantitative estimate of drug-likeness (QED) is 0.602. The maximum Gasteiger partial charge on any atom is 0.274 e. The Kier molecular flexibility index (Phi) is 3.82. The number of amides is 1. The van der Waals surface area contributed by atoms with E-state index in [2.05, 4.69) is 28.3 Å². The Hall–Kier alpha value is -2.99. The van der Waals surface area contributed by atoms with Crippen molar-refractivity contribution in [2.24, 2.45) is 7.05 Å². The summed E-state index contributed by atoms with van der Waals surface area (Å²) < 4.78 is 2.72. The highest BCUT2D eigenvalue weighted by atomic mass is 32.1. The van der Waals surface area contributed by atoms with Crippen LogP contribution in [0.5, 0.6) is 0 Å². The van der Waals surface area contributed by atoms with Gasteiger partial charge in [0.15, 0.2) is 10.8 Å². The third kappa shape index (κ3) is 2.92. The normalized spacial score (nSPS) is 11.0. The highest BCUT2D eigenvalue weighted by molar-refractivity contribution is 7.22. The van der Waals surface area contributed by atoms with E-state index < -0.39 is 0 Å². The zero-order chi connectivity index (χ0) is 17.4. The zero-order valence-corrected chi connectivity index (χ0v) is 14.7. The van der Waals surface area contributed by atoms with Crippen LogP contribution in [0.15, 0.2) is 54.7 Å². The van der Waals surface area contributed by atoms with E-state index in [-0.39, 0.29) is 5.91 Å². The molecule has 0 bridgehead atoms. The lowest BCUT2D eigenvalue weighted by Gasteiger charge is -2.03. The lowest BCUT2D eigenvalue weighted by molar-refractivity contribution is 0.101. The average Bonchev–Trinajstić information content (AvgIpc) is 3.20. The third-order valence-electron chi connectivity index (χ3n) is 4.07. The van der Waals surface area contributed by atoms with E-state index >= 15 is 0 Å². The summed E-state index contributed by atoms with van der Waals surface area (Å²) in [5, 5.41) is 3.40. The second-order valence-electron chi connectivity index (χ2n) is 5.81. The second-order valence-corrected chi connectivity index (χ2v) is 6.84. The fraction of sp³-hybridized carbons (Fsp3) is 0.105. The molecule has 0 saturated heterocycles. The molecule has 124 valence electrons. The first-order chi connectivity index (χ1) is 12.1. The van der Waals surface area contributed by atoms with Crippen LogP contribution in [0.4, 0.5) is 5.13 Å². The van der Waals surface area contributed by atoms with E-state index in [0.717, 1.165) is 16.0 Å². The largest absolute Gasteiger partial charge is 0.347 e. The maximum absolute atomic E-state index is 12.3. The van der Waals surface area contributed by atoms with Crippen molar-refractivity contribution in [1.29, 1.82) is 0 Å². The Morgan fingerprint density at radius 2 is 1.92 bits per heavy atom. The number of thiazole rings is 1. The molecule has 25 heavy (non-hydrogen) atoms. The standard InChI is InChI=1S/C19H16N4OS/c1-12-6-3-4-7-13(12)14-9-10-16-17(20-14)21-19(25-16)22-18(24)15-8-5-11-23(15)2/h3-11H,1-2H3,(H,20,21,22,24). The molecular formula is C19H16N4OS.